The third kappa shape index (κ3) is 7.52. The summed E-state index contributed by atoms with van der Waals surface area (Å²) in [5.41, 5.74) is 8.26. The molecule has 0 saturated heterocycles. The van der Waals surface area contributed by atoms with Gasteiger partial charge in [0.05, 0.1) is 0 Å². The number of aryl methyl sites for hydroxylation is 2. The molecule has 0 spiro atoms. The fourth-order valence-corrected chi connectivity index (χ4v) is 6.65. The number of benzene rings is 5. The monoisotopic (exact) mass is 554 g/mol. The first-order valence-corrected chi connectivity index (χ1v) is 16.9. The lowest BCUT2D eigenvalue weighted by molar-refractivity contribution is 0.607. The molecule has 0 heteroatoms. The van der Waals surface area contributed by atoms with Crippen LogP contribution in [0.1, 0.15) is 102 Å². The van der Waals surface area contributed by atoms with E-state index in [0.717, 1.165) is 0 Å². The molecule has 0 aliphatic heterocycles. The van der Waals surface area contributed by atoms with Crippen molar-refractivity contribution in [3.63, 3.8) is 0 Å². The molecule has 5 aromatic rings. The first-order chi connectivity index (χ1) is 20.8. The smallest absolute Gasteiger partial charge is 0.00264 e. The Bertz CT molecular complexity index is 1350. The third-order valence-electron chi connectivity index (χ3n) is 9.05. The highest BCUT2D eigenvalue weighted by Crippen LogP contribution is 2.43. The Balaban J connectivity index is 1.41. The van der Waals surface area contributed by atoms with Gasteiger partial charge in [-0.3, -0.25) is 0 Å². The van der Waals surface area contributed by atoms with E-state index >= 15 is 0 Å². The molecule has 0 aliphatic rings. The van der Waals surface area contributed by atoms with E-state index in [1.807, 2.05) is 0 Å². The summed E-state index contributed by atoms with van der Waals surface area (Å²) >= 11 is 0. The van der Waals surface area contributed by atoms with E-state index in [1.54, 1.807) is 0 Å². The lowest BCUT2D eigenvalue weighted by atomic mass is 9.85. The molecule has 0 N–H and O–H groups in total. The van der Waals surface area contributed by atoms with Crippen LogP contribution < -0.4 is 0 Å². The molecule has 0 unspecified atom stereocenters. The van der Waals surface area contributed by atoms with Gasteiger partial charge in [0.2, 0.25) is 0 Å². The summed E-state index contributed by atoms with van der Waals surface area (Å²) in [4.78, 5) is 0. The summed E-state index contributed by atoms with van der Waals surface area (Å²) in [6, 6.07) is 36.9. The van der Waals surface area contributed by atoms with Gasteiger partial charge in [-0.15, -0.1) is 0 Å². The van der Waals surface area contributed by atoms with Crippen molar-refractivity contribution in [2.45, 2.75) is 104 Å². The van der Waals surface area contributed by atoms with E-state index < -0.39 is 0 Å². The first kappa shape index (κ1) is 30.1. The van der Waals surface area contributed by atoms with Gasteiger partial charge in [0, 0.05) is 0 Å². The Morgan fingerprint density at radius 2 is 0.643 bits per heavy atom. The minimum absolute atomic E-state index is 1.18. The molecule has 0 aliphatic carbocycles. The molecule has 0 bridgehead atoms. The molecule has 218 valence electrons. The van der Waals surface area contributed by atoms with Crippen LogP contribution in [0.4, 0.5) is 0 Å². The molecule has 0 heterocycles. The second kappa shape index (κ2) is 15.7. The van der Waals surface area contributed by atoms with Gasteiger partial charge in [0.1, 0.15) is 0 Å². The van der Waals surface area contributed by atoms with Crippen LogP contribution in [0.15, 0.2) is 97.1 Å². The van der Waals surface area contributed by atoms with Crippen LogP contribution in [0.2, 0.25) is 0 Å². The van der Waals surface area contributed by atoms with Crippen LogP contribution in [-0.2, 0) is 12.8 Å². The number of fused-ring (bicyclic) bond motifs is 2. The van der Waals surface area contributed by atoms with Crippen molar-refractivity contribution in [2.75, 3.05) is 0 Å². The average molecular weight is 555 g/mol. The highest BCUT2D eigenvalue weighted by Gasteiger charge is 2.16. The Morgan fingerprint density at radius 1 is 0.333 bits per heavy atom. The van der Waals surface area contributed by atoms with Crippen LogP contribution in [0, 0.1) is 0 Å². The third-order valence-corrected chi connectivity index (χ3v) is 9.05. The molecule has 0 radical (unpaired) electrons. The number of rotatable bonds is 16. The Kier molecular flexibility index (Phi) is 11.3. The Hall–Kier alpha value is -3.38. The average Bonchev–Trinajstić information content (AvgIpc) is 3.04. The Morgan fingerprint density at radius 3 is 0.976 bits per heavy atom. The molecule has 5 rings (SSSR count). The zero-order chi connectivity index (χ0) is 29.0. The highest BCUT2D eigenvalue weighted by atomic mass is 14.2. The summed E-state index contributed by atoms with van der Waals surface area (Å²) in [5.74, 6) is 0. The van der Waals surface area contributed by atoms with Gasteiger partial charge in [-0.05, 0) is 80.6 Å². The molecule has 42 heavy (non-hydrogen) atoms. The van der Waals surface area contributed by atoms with Gasteiger partial charge >= 0.3 is 0 Å². The van der Waals surface area contributed by atoms with Gasteiger partial charge in [0.15, 0.2) is 0 Å². The SMILES string of the molecule is CCCCCCCCc1ccc(-c2c3ccccc3c(-c3ccc(CCCCCCCC)cc3)c3ccccc23)cc1. The molecular weight excluding hydrogens is 504 g/mol. The minimum atomic E-state index is 1.18. The van der Waals surface area contributed by atoms with Crippen molar-refractivity contribution in [3.8, 4) is 22.3 Å². The number of hydrogen-bond acceptors (Lipinski definition) is 0. The Labute approximate surface area is 255 Å². The van der Waals surface area contributed by atoms with Crippen LogP contribution in [-0.4, -0.2) is 0 Å². The summed E-state index contributed by atoms with van der Waals surface area (Å²) in [5, 5.41) is 5.36. The predicted octanol–water partition coefficient (Wildman–Crippen LogP) is 13.1. The van der Waals surface area contributed by atoms with Crippen molar-refractivity contribution >= 4 is 21.5 Å². The molecule has 0 atom stereocenters. The maximum Gasteiger partial charge on any atom is -0.00264 e. The molecular formula is C42H50. The summed E-state index contributed by atoms with van der Waals surface area (Å²) in [7, 11) is 0. The fraction of sp³-hybridized carbons (Fsp3) is 0.381. The minimum Gasteiger partial charge on any atom is -0.0654 e. The van der Waals surface area contributed by atoms with Gasteiger partial charge in [-0.2, -0.15) is 0 Å². The molecule has 0 amide bonds. The lowest BCUT2D eigenvalue weighted by Crippen LogP contribution is -1.92. The second-order valence-electron chi connectivity index (χ2n) is 12.3. The summed E-state index contributed by atoms with van der Waals surface area (Å²) in [6.07, 6.45) is 18.5. The first-order valence-electron chi connectivity index (χ1n) is 16.9. The maximum atomic E-state index is 2.36. The lowest BCUT2D eigenvalue weighted by Gasteiger charge is -2.18. The van der Waals surface area contributed by atoms with Crippen LogP contribution in [0.3, 0.4) is 0 Å². The molecule has 0 saturated carbocycles. The zero-order valence-electron chi connectivity index (χ0n) is 26.1. The van der Waals surface area contributed by atoms with E-state index in [9.17, 15) is 0 Å². The summed E-state index contributed by atoms with van der Waals surface area (Å²) in [6.45, 7) is 4.58. The van der Waals surface area contributed by atoms with Crippen LogP contribution >= 0.6 is 0 Å². The number of hydrogen-bond donors (Lipinski definition) is 0. The van der Waals surface area contributed by atoms with Gasteiger partial charge in [-0.25, -0.2) is 0 Å². The molecule has 0 nitrogen and oxygen atoms in total. The quantitative estimate of drug-likeness (QED) is 0.0840. The molecule has 0 fully saturated rings. The highest BCUT2D eigenvalue weighted by molar-refractivity contribution is 6.21. The van der Waals surface area contributed by atoms with E-state index in [-0.39, 0.29) is 0 Å². The van der Waals surface area contributed by atoms with Gasteiger partial charge in [0.25, 0.3) is 0 Å². The van der Waals surface area contributed by atoms with E-state index in [1.165, 1.54) is 145 Å². The predicted molar refractivity (Wildman–Crippen MR) is 186 cm³/mol. The molecule has 5 aromatic carbocycles. The van der Waals surface area contributed by atoms with Crippen LogP contribution in [0.25, 0.3) is 43.8 Å². The van der Waals surface area contributed by atoms with Crippen molar-refractivity contribution in [2.24, 2.45) is 0 Å². The normalized spacial score (nSPS) is 11.5. The second-order valence-corrected chi connectivity index (χ2v) is 12.3. The van der Waals surface area contributed by atoms with Gasteiger partial charge in [-0.1, -0.05) is 175 Å². The van der Waals surface area contributed by atoms with E-state index in [0.29, 0.717) is 0 Å². The molecule has 0 aromatic heterocycles. The maximum absolute atomic E-state index is 2.36. The van der Waals surface area contributed by atoms with Gasteiger partial charge < -0.3 is 0 Å². The topological polar surface area (TPSA) is 0 Å². The zero-order valence-corrected chi connectivity index (χ0v) is 26.1. The summed E-state index contributed by atoms with van der Waals surface area (Å²) < 4.78 is 0. The van der Waals surface area contributed by atoms with Crippen molar-refractivity contribution in [1.82, 2.24) is 0 Å². The fourth-order valence-electron chi connectivity index (χ4n) is 6.65. The van der Waals surface area contributed by atoms with Crippen molar-refractivity contribution in [3.05, 3.63) is 108 Å². The van der Waals surface area contributed by atoms with E-state index in [4.69, 9.17) is 0 Å². The van der Waals surface area contributed by atoms with E-state index in [2.05, 4.69) is 111 Å². The largest absolute Gasteiger partial charge is 0.0654 e. The standard InChI is InChI=1S/C42H50/c1-3-5-7-9-11-13-19-33-25-29-35(30-26-33)41-37-21-15-17-23-39(37)42(40-24-18-16-22-38(40)41)36-31-27-34(28-32-36)20-14-12-10-8-6-4-2/h15-18,21-32H,3-14,19-20H2,1-2H3. The van der Waals surface area contributed by atoms with Crippen molar-refractivity contribution < 1.29 is 0 Å². The van der Waals surface area contributed by atoms with Crippen molar-refractivity contribution in [1.29, 1.82) is 0 Å². The number of unbranched alkanes of at least 4 members (excludes halogenated alkanes) is 10. The van der Waals surface area contributed by atoms with Crippen LogP contribution in [0.5, 0.6) is 0 Å².